The molecule has 1 aromatic rings. The molecule has 0 saturated heterocycles. The Bertz CT molecular complexity index is 476. The number of hydrogen-bond donors (Lipinski definition) is 1. The van der Waals surface area contributed by atoms with E-state index >= 15 is 0 Å². The quantitative estimate of drug-likeness (QED) is 0.877. The second kappa shape index (κ2) is 7.63. The number of carbonyl (C=O) groups excluding carboxylic acids is 1. The Hall–Kier alpha value is -1.55. The van der Waals surface area contributed by atoms with E-state index in [2.05, 4.69) is 53.5 Å². The van der Waals surface area contributed by atoms with E-state index in [1.165, 1.54) is 24.1 Å². The van der Waals surface area contributed by atoms with E-state index in [0.29, 0.717) is 6.54 Å². The first-order valence-electron chi connectivity index (χ1n) is 8.20. The van der Waals surface area contributed by atoms with E-state index in [0.717, 1.165) is 12.8 Å². The van der Waals surface area contributed by atoms with Crippen molar-refractivity contribution in [3.63, 3.8) is 0 Å². The Kier molecular flexibility index (Phi) is 5.83. The van der Waals surface area contributed by atoms with Crippen molar-refractivity contribution >= 4 is 11.6 Å². The van der Waals surface area contributed by atoms with Gasteiger partial charge in [-0.05, 0) is 44.6 Å². The van der Waals surface area contributed by atoms with Gasteiger partial charge in [0.05, 0.1) is 6.04 Å². The van der Waals surface area contributed by atoms with Gasteiger partial charge in [0.25, 0.3) is 0 Å². The highest BCUT2D eigenvalue weighted by molar-refractivity contribution is 5.78. The molecule has 0 aliphatic heterocycles. The highest BCUT2D eigenvalue weighted by Crippen LogP contribution is 2.25. The van der Waals surface area contributed by atoms with Crippen molar-refractivity contribution in [2.24, 2.45) is 5.92 Å². The summed E-state index contributed by atoms with van der Waals surface area (Å²) < 4.78 is 0. The zero-order valence-corrected chi connectivity index (χ0v) is 14.3. The number of anilines is 1. The van der Waals surface area contributed by atoms with Crippen molar-refractivity contribution in [1.29, 1.82) is 0 Å². The lowest BCUT2D eigenvalue weighted by Gasteiger charge is -2.26. The molecule has 0 aromatic heterocycles. The van der Waals surface area contributed by atoms with Gasteiger partial charge >= 0.3 is 0 Å². The maximum absolute atomic E-state index is 12.2. The Morgan fingerprint density at radius 1 is 1.14 bits per heavy atom. The number of likely N-dealkylation sites (N-methyl/N-ethyl adjacent to an activating group) is 1. The third-order valence-corrected chi connectivity index (χ3v) is 4.61. The fraction of sp³-hybridized carbons (Fsp3) is 0.611. The predicted octanol–water partition coefficient (Wildman–Crippen LogP) is 2.66. The van der Waals surface area contributed by atoms with Crippen LogP contribution in [0.15, 0.2) is 24.3 Å². The van der Waals surface area contributed by atoms with E-state index in [4.69, 9.17) is 0 Å². The third-order valence-electron chi connectivity index (χ3n) is 4.61. The average Bonchev–Trinajstić information content (AvgIpc) is 3.01. The van der Waals surface area contributed by atoms with Crippen LogP contribution in [0.4, 0.5) is 5.69 Å². The molecule has 122 valence electrons. The van der Waals surface area contributed by atoms with Crippen LogP contribution in [0.1, 0.15) is 37.3 Å². The first-order chi connectivity index (χ1) is 10.5. The van der Waals surface area contributed by atoms with Crippen LogP contribution in [0.2, 0.25) is 0 Å². The number of carbonyl (C=O) groups is 1. The molecule has 0 heterocycles. The standard InChI is InChI=1S/C18H29N3O/c1-20(2)16-11-9-14(10-12-16)17(21(3)4)13-19-18(22)15-7-5-6-8-15/h9-12,15,17H,5-8,13H2,1-4H3,(H,19,22)/t17-/m0/s1. The number of amides is 1. The van der Waals surface area contributed by atoms with Gasteiger partial charge in [-0.15, -0.1) is 0 Å². The summed E-state index contributed by atoms with van der Waals surface area (Å²) >= 11 is 0. The topological polar surface area (TPSA) is 35.6 Å². The molecular formula is C18H29N3O. The Balaban J connectivity index is 1.98. The van der Waals surface area contributed by atoms with Gasteiger partial charge in [-0.2, -0.15) is 0 Å². The van der Waals surface area contributed by atoms with Gasteiger partial charge in [0, 0.05) is 32.2 Å². The molecule has 1 atom stereocenters. The number of nitrogens with zero attached hydrogens (tertiary/aromatic N) is 2. The second-order valence-corrected chi connectivity index (χ2v) is 6.69. The third kappa shape index (κ3) is 4.23. The van der Waals surface area contributed by atoms with Gasteiger partial charge in [-0.25, -0.2) is 0 Å². The van der Waals surface area contributed by atoms with Crippen molar-refractivity contribution < 1.29 is 4.79 Å². The largest absolute Gasteiger partial charge is 0.378 e. The second-order valence-electron chi connectivity index (χ2n) is 6.69. The Labute approximate surface area is 134 Å². The molecule has 1 aromatic carbocycles. The highest BCUT2D eigenvalue weighted by atomic mass is 16.1. The minimum absolute atomic E-state index is 0.210. The van der Waals surface area contributed by atoms with Crippen LogP contribution in [0.25, 0.3) is 0 Å². The minimum Gasteiger partial charge on any atom is -0.378 e. The van der Waals surface area contributed by atoms with E-state index in [-0.39, 0.29) is 17.9 Å². The first kappa shape index (κ1) is 16.8. The number of benzene rings is 1. The molecule has 22 heavy (non-hydrogen) atoms. The molecule has 1 aliphatic rings. The summed E-state index contributed by atoms with van der Waals surface area (Å²) in [6.45, 7) is 0.670. The number of hydrogen-bond acceptors (Lipinski definition) is 3. The molecule has 0 bridgehead atoms. The highest BCUT2D eigenvalue weighted by Gasteiger charge is 2.23. The maximum Gasteiger partial charge on any atom is 0.223 e. The number of rotatable bonds is 6. The van der Waals surface area contributed by atoms with Crippen molar-refractivity contribution in [2.75, 3.05) is 39.6 Å². The molecule has 4 nitrogen and oxygen atoms in total. The monoisotopic (exact) mass is 303 g/mol. The first-order valence-corrected chi connectivity index (χ1v) is 8.20. The van der Waals surface area contributed by atoms with Gasteiger partial charge in [0.15, 0.2) is 0 Å². The number of nitrogens with one attached hydrogen (secondary N) is 1. The molecule has 1 amide bonds. The summed E-state index contributed by atoms with van der Waals surface area (Å²) in [4.78, 5) is 16.5. The molecule has 1 aliphatic carbocycles. The molecule has 0 radical (unpaired) electrons. The summed E-state index contributed by atoms with van der Waals surface area (Å²) in [5.41, 5.74) is 2.43. The Morgan fingerprint density at radius 2 is 1.73 bits per heavy atom. The maximum atomic E-state index is 12.2. The smallest absolute Gasteiger partial charge is 0.223 e. The molecule has 0 spiro atoms. The van der Waals surface area contributed by atoms with Crippen molar-refractivity contribution in [1.82, 2.24) is 10.2 Å². The van der Waals surface area contributed by atoms with Crippen molar-refractivity contribution in [2.45, 2.75) is 31.7 Å². The van der Waals surface area contributed by atoms with Crippen LogP contribution in [-0.4, -0.2) is 45.5 Å². The lowest BCUT2D eigenvalue weighted by atomic mass is 10.0. The summed E-state index contributed by atoms with van der Waals surface area (Å²) in [5, 5.41) is 3.15. The molecule has 4 heteroatoms. The van der Waals surface area contributed by atoms with E-state index < -0.39 is 0 Å². The molecule has 1 N–H and O–H groups in total. The fourth-order valence-corrected chi connectivity index (χ4v) is 3.12. The zero-order chi connectivity index (χ0) is 16.1. The summed E-state index contributed by atoms with van der Waals surface area (Å²) in [6, 6.07) is 8.78. The van der Waals surface area contributed by atoms with Crippen LogP contribution in [0.3, 0.4) is 0 Å². The normalized spacial score (nSPS) is 16.8. The van der Waals surface area contributed by atoms with Crippen molar-refractivity contribution in [3.8, 4) is 0 Å². The van der Waals surface area contributed by atoms with Crippen LogP contribution >= 0.6 is 0 Å². The van der Waals surface area contributed by atoms with E-state index in [9.17, 15) is 4.79 Å². The van der Waals surface area contributed by atoms with Gasteiger partial charge < -0.3 is 15.1 Å². The molecular weight excluding hydrogens is 274 g/mol. The summed E-state index contributed by atoms with van der Waals surface area (Å²) in [7, 11) is 8.21. The zero-order valence-electron chi connectivity index (χ0n) is 14.3. The predicted molar refractivity (Wildman–Crippen MR) is 92.2 cm³/mol. The van der Waals surface area contributed by atoms with Crippen LogP contribution in [0.5, 0.6) is 0 Å². The summed E-state index contributed by atoms with van der Waals surface area (Å²) in [5.74, 6) is 0.466. The Morgan fingerprint density at radius 3 is 2.23 bits per heavy atom. The van der Waals surface area contributed by atoms with E-state index in [1.54, 1.807) is 0 Å². The molecule has 2 rings (SSSR count). The van der Waals surface area contributed by atoms with Gasteiger partial charge in [0.1, 0.15) is 0 Å². The van der Waals surface area contributed by atoms with E-state index in [1.807, 2.05) is 14.1 Å². The van der Waals surface area contributed by atoms with Gasteiger partial charge in [-0.1, -0.05) is 25.0 Å². The minimum atomic E-state index is 0.210. The van der Waals surface area contributed by atoms with Crippen LogP contribution in [-0.2, 0) is 4.79 Å². The lowest BCUT2D eigenvalue weighted by molar-refractivity contribution is -0.125. The molecule has 1 fully saturated rings. The van der Waals surface area contributed by atoms with Crippen LogP contribution in [0, 0.1) is 5.92 Å². The summed E-state index contributed by atoms with van der Waals surface area (Å²) in [6.07, 6.45) is 4.49. The molecule has 0 unspecified atom stereocenters. The van der Waals surface area contributed by atoms with Crippen molar-refractivity contribution in [3.05, 3.63) is 29.8 Å². The van der Waals surface area contributed by atoms with Crippen LogP contribution < -0.4 is 10.2 Å². The van der Waals surface area contributed by atoms with Gasteiger partial charge in [0.2, 0.25) is 5.91 Å². The SMILES string of the molecule is CN(C)c1ccc([C@H](CNC(=O)C2CCCC2)N(C)C)cc1. The fourth-order valence-electron chi connectivity index (χ4n) is 3.12. The van der Waals surface area contributed by atoms with Gasteiger partial charge in [-0.3, -0.25) is 4.79 Å². The average molecular weight is 303 g/mol. The molecule has 1 saturated carbocycles. The lowest BCUT2D eigenvalue weighted by Crippen LogP contribution is -2.37.